The number of rotatable bonds is 5. The van der Waals surface area contributed by atoms with Crippen molar-refractivity contribution >= 4 is 17.4 Å². The van der Waals surface area contributed by atoms with Crippen molar-refractivity contribution in [2.24, 2.45) is 5.41 Å². The molecule has 0 aromatic carbocycles. The summed E-state index contributed by atoms with van der Waals surface area (Å²) in [4.78, 5) is 4.33. The van der Waals surface area contributed by atoms with E-state index in [1.165, 1.54) is 18.4 Å². The SMILES string of the molecule is Cc1ccc(NCC2(CCCl)CC2)nc1. The van der Waals surface area contributed by atoms with Gasteiger partial charge >= 0.3 is 0 Å². The lowest BCUT2D eigenvalue weighted by Gasteiger charge is -2.14. The highest BCUT2D eigenvalue weighted by molar-refractivity contribution is 6.17. The number of aryl methyl sites for hydroxylation is 1. The van der Waals surface area contributed by atoms with Crippen LogP contribution >= 0.6 is 11.6 Å². The average molecular weight is 225 g/mol. The molecule has 3 heteroatoms. The number of hydrogen-bond donors (Lipinski definition) is 1. The number of halogens is 1. The molecule has 1 saturated carbocycles. The average Bonchev–Trinajstić information content (AvgIpc) is 2.99. The Kier molecular flexibility index (Phi) is 3.15. The molecule has 0 amide bonds. The van der Waals surface area contributed by atoms with Gasteiger partial charge in [0.1, 0.15) is 5.82 Å². The van der Waals surface area contributed by atoms with Crippen LogP contribution in [0.1, 0.15) is 24.8 Å². The molecule has 0 unspecified atom stereocenters. The molecule has 0 saturated heterocycles. The summed E-state index contributed by atoms with van der Waals surface area (Å²) in [5.74, 6) is 1.74. The molecule has 1 aromatic heterocycles. The Bertz CT molecular complexity index is 317. The van der Waals surface area contributed by atoms with E-state index in [1.807, 2.05) is 19.2 Å². The van der Waals surface area contributed by atoms with Crippen LogP contribution in [0.15, 0.2) is 18.3 Å². The molecule has 0 aliphatic heterocycles. The van der Waals surface area contributed by atoms with Crippen molar-refractivity contribution in [3.63, 3.8) is 0 Å². The lowest BCUT2D eigenvalue weighted by atomic mass is 10.0. The quantitative estimate of drug-likeness (QED) is 0.777. The number of nitrogens with zero attached hydrogens (tertiary/aromatic N) is 1. The Hall–Kier alpha value is -0.760. The number of nitrogens with one attached hydrogen (secondary N) is 1. The Morgan fingerprint density at radius 3 is 2.80 bits per heavy atom. The molecule has 0 spiro atoms. The van der Waals surface area contributed by atoms with E-state index in [4.69, 9.17) is 11.6 Å². The summed E-state index contributed by atoms with van der Waals surface area (Å²) >= 11 is 5.79. The third-order valence-electron chi connectivity index (χ3n) is 3.14. The van der Waals surface area contributed by atoms with Crippen molar-refractivity contribution in [2.45, 2.75) is 26.2 Å². The maximum Gasteiger partial charge on any atom is 0.125 e. The largest absolute Gasteiger partial charge is 0.370 e. The number of aromatic nitrogens is 1. The van der Waals surface area contributed by atoms with E-state index < -0.39 is 0 Å². The summed E-state index contributed by atoms with van der Waals surface area (Å²) in [6.45, 7) is 3.06. The van der Waals surface area contributed by atoms with Gasteiger partial charge in [-0.1, -0.05) is 6.07 Å². The monoisotopic (exact) mass is 224 g/mol. The molecule has 1 fully saturated rings. The first-order chi connectivity index (χ1) is 7.24. The molecule has 82 valence electrons. The van der Waals surface area contributed by atoms with Crippen LogP contribution in [0.25, 0.3) is 0 Å². The highest BCUT2D eigenvalue weighted by Gasteiger charge is 2.41. The van der Waals surface area contributed by atoms with Gasteiger partial charge in [-0.25, -0.2) is 4.98 Å². The van der Waals surface area contributed by atoms with Gasteiger partial charge in [0.2, 0.25) is 0 Å². The van der Waals surface area contributed by atoms with Gasteiger partial charge in [-0.15, -0.1) is 11.6 Å². The van der Waals surface area contributed by atoms with Gasteiger partial charge in [-0.05, 0) is 43.2 Å². The van der Waals surface area contributed by atoms with Crippen molar-refractivity contribution in [3.8, 4) is 0 Å². The predicted octanol–water partition coefficient (Wildman–Crippen LogP) is 3.21. The number of anilines is 1. The Labute approximate surface area is 96.1 Å². The fraction of sp³-hybridized carbons (Fsp3) is 0.583. The van der Waals surface area contributed by atoms with Crippen molar-refractivity contribution < 1.29 is 0 Å². The molecule has 15 heavy (non-hydrogen) atoms. The zero-order chi connectivity index (χ0) is 10.7. The molecule has 1 aliphatic carbocycles. The van der Waals surface area contributed by atoms with Crippen molar-refractivity contribution in [2.75, 3.05) is 17.7 Å². The van der Waals surface area contributed by atoms with E-state index in [2.05, 4.69) is 16.4 Å². The zero-order valence-corrected chi connectivity index (χ0v) is 9.85. The minimum absolute atomic E-state index is 0.467. The summed E-state index contributed by atoms with van der Waals surface area (Å²) in [5, 5.41) is 3.39. The molecule has 0 radical (unpaired) electrons. The summed E-state index contributed by atoms with van der Waals surface area (Å²) in [7, 11) is 0. The lowest BCUT2D eigenvalue weighted by molar-refractivity contribution is 0.524. The van der Waals surface area contributed by atoms with Gasteiger partial charge in [-0.3, -0.25) is 0 Å². The minimum atomic E-state index is 0.467. The van der Waals surface area contributed by atoms with E-state index in [-0.39, 0.29) is 0 Å². The summed E-state index contributed by atoms with van der Waals surface area (Å²) in [5.41, 5.74) is 1.66. The highest BCUT2D eigenvalue weighted by Crippen LogP contribution is 2.48. The molecule has 1 aliphatic rings. The zero-order valence-electron chi connectivity index (χ0n) is 9.09. The Morgan fingerprint density at radius 2 is 2.27 bits per heavy atom. The highest BCUT2D eigenvalue weighted by atomic mass is 35.5. The van der Waals surface area contributed by atoms with E-state index >= 15 is 0 Å². The maximum atomic E-state index is 5.79. The van der Waals surface area contributed by atoms with Gasteiger partial charge in [0, 0.05) is 18.6 Å². The van der Waals surface area contributed by atoms with Crippen LogP contribution in [-0.2, 0) is 0 Å². The van der Waals surface area contributed by atoms with Crippen LogP contribution in [0.5, 0.6) is 0 Å². The molecular formula is C12H17ClN2. The van der Waals surface area contributed by atoms with Crippen molar-refractivity contribution in [1.82, 2.24) is 4.98 Å². The van der Waals surface area contributed by atoms with E-state index in [0.29, 0.717) is 5.41 Å². The Morgan fingerprint density at radius 1 is 1.47 bits per heavy atom. The summed E-state index contributed by atoms with van der Waals surface area (Å²) in [6.07, 6.45) is 5.62. The molecule has 0 atom stereocenters. The molecular weight excluding hydrogens is 208 g/mol. The molecule has 0 bridgehead atoms. The third kappa shape index (κ3) is 2.85. The summed E-state index contributed by atoms with van der Waals surface area (Å²) in [6, 6.07) is 4.11. The van der Waals surface area contributed by atoms with Crippen molar-refractivity contribution in [3.05, 3.63) is 23.9 Å². The van der Waals surface area contributed by atoms with E-state index in [9.17, 15) is 0 Å². The standard InChI is InChI=1S/C12H17ClN2/c1-10-2-3-11(14-8-10)15-9-12(4-5-12)6-7-13/h2-3,8H,4-7,9H2,1H3,(H,14,15). The molecule has 1 aromatic rings. The van der Waals surface area contributed by atoms with E-state index in [0.717, 1.165) is 24.7 Å². The minimum Gasteiger partial charge on any atom is -0.370 e. The van der Waals surface area contributed by atoms with Crippen LogP contribution in [0.2, 0.25) is 0 Å². The van der Waals surface area contributed by atoms with Gasteiger partial charge in [0.05, 0.1) is 0 Å². The first-order valence-corrected chi connectivity index (χ1v) is 6.00. The molecule has 1 heterocycles. The van der Waals surface area contributed by atoms with Crippen LogP contribution in [0.4, 0.5) is 5.82 Å². The Balaban J connectivity index is 1.85. The normalized spacial score (nSPS) is 17.5. The van der Waals surface area contributed by atoms with Crippen molar-refractivity contribution in [1.29, 1.82) is 0 Å². The van der Waals surface area contributed by atoms with Crippen LogP contribution in [-0.4, -0.2) is 17.4 Å². The maximum absolute atomic E-state index is 5.79. The fourth-order valence-corrected chi connectivity index (χ4v) is 2.14. The van der Waals surface area contributed by atoms with Gasteiger partial charge < -0.3 is 5.32 Å². The van der Waals surface area contributed by atoms with Gasteiger partial charge in [-0.2, -0.15) is 0 Å². The molecule has 2 rings (SSSR count). The van der Waals surface area contributed by atoms with Gasteiger partial charge in [0.15, 0.2) is 0 Å². The first kappa shape index (κ1) is 10.7. The lowest BCUT2D eigenvalue weighted by Crippen LogP contribution is -2.16. The molecule has 2 nitrogen and oxygen atoms in total. The second-order valence-electron chi connectivity index (χ2n) is 4.51. The molecule has 1 N–H and O–H groups in total. The van der Waals surface area contributed by atoms with E-state index in [1.54, 1.807) is 0 Å². The fourth-order valence-electron chi connectivity index (χ4n) is 1.74. The second-order valence-corrected chi connectivity index (χ2v) is 4.89. The van der Waals surface area contributed by atoms with Crippen LogP contribution in [0.3, 0.4) is 0 Å². The smallest absolute Gasteiger partial charge is 0.125 e. The third-order valence-corrected chi connectivity index (χ3v) is 3.33. The topological polar surface area (TPSA) is 24.9 Å². The van der Waals surface area contributed by atoms with Gasteiger partial charge in [0.25, 0.3) is 0 Å². The van der Waals surface area contributed by atoms with Crippen LogP contribution in [0, 0.1) is 12.3 Å². The first-order valence-electron chi connectivity index (χ1n) is 5.47. The predicted molar refractivity (Wildman–Crippen MR) is 64.5 cm³/mol. The number of pyridine rings is 1. The second kappa shape index (κ2) is 4.40. The number of alkyl halides is 1. The number of hydrogen-bond acceptors (Lipinski definition) is 2. The summed E-state index contributed by atoms with van der Waals surface area (Å²) < 4.78 is 0. The van der Waals surface area contributed by atoms with Crippen LogP contribution < -0.4 is 5.32 Å².